The standard InChI is InChI=1S/C12H11ClN2O3S2/c1-7(16)10-5-9(15(17)18)12(20-10)14(2)6-8-3-4-11(13)19-8/h3-5H,6H2,1-2H3. The molecule has 0 aliphatic rings. The molecule has 0 spiro atoms. The number of hydrogen-bond acceptors (Lipinski definition) is 6. The third-order valence-corrected chi connectivity index (χ3v) is 5.16. The number of halogens is 1. The lowest BCUT2D eigenvalue weighted by atomic mass is 10.3. The van der Waals surface area contributed by atoms with E-state index in [1.54, 1.807) is 18.0 Å². The zero-order valence-corrected chi connectivity index (χ0v) is 13.1. The van der Waals surface area contributed by atoms with Crippen molar-refractivity contribution in [1.29, 1.82) is 0 Å². The molecule has 106 valence electrons. The van der Waals surface area contributed by atoms with E-state index in [2.05, 4.69) is 0 Å². The van der Waals surface area contributed by atoms with Crippen LogP contribution in [0, 0.1) is 10.1 Å². The minimum atomic E-state index is -0.462. The van der Waals surface area contributed by atoms with Crippen molar-refractivity contribution in [3.63, 3.8) is 0 Å². The number of thiophene rings is 2. The molecular formula is C12H11ClN2O3S2. The average Bonchev–Trinajstić information content (AvgIpc) is 2.95. The Morgan fingerprint density at radius 2 is 2.15 bits per heavy atom. The van der Waals surface area contributed by atoms with Crippen molar-refractivity contribution in [2.45, 2.75) is 13.5 Å². The Kier molecular flexibility index (Phi) is 4.42. The Labute approximate surface area is 128 Å². The molecule has 2 rings (SSSR count). The van der Waals surface area contributed by atoms with E-state index >= 15 is 0 Å². The molecule has 2 heterocycles. The van der Waals surface area contributed by atoms with Gasteiger partial charge in [-0.3, -0.25) is 14.9 Å². The maximum atomic E-state index is 11.4. The van der Waals surface area contributed by atoms with Crippen LogP contribution in [0.4, 0.5) is 10.7 Å². The number of rotatable bonds is 5. The summed E-state index contributed by atoms with van der Waals surface area (Å²) in [5, 5.41) is 11.6. The molecule has 0 atom stereocenters. The van der Waals surface area contributed by atoms with Crippen molar-refractivity contribution in [3.8, 4) is 0 Å². The molecule has 0 bridgehead atoms. The molecule has 0 aliphatic heterocycles. The van der Waals surface area contributed by atoms with Gasteiger partial charge in [0.2, 0.25) is 0 Å². The summed E-state index contributed by atoms with van der Waals surface area (Å²) in [6.07, 6.45) is 0. The number of nitro groups is 1. The van der Waals surface area contributed by atoms with E-state index in [0.29, 0.717) is 20.8 Å². The molecule has 0 saturated heterocycles. The monoisotopic (exact) mass is 330 g/mol. The summed E-state index contributed by atoms with van der Waals surface area (Å²) in [5.74, 6) is -0.170. The van der Waals surface area contributed by atoms with Crippen LogP contribution in [0.1, 0.15) is 21.5 Å². The molecule has 0 saturated carbocycles. The highest BCUT2D eigenvalue weighted by Gasteiger charge is 2.23. The highest BCUT2D eigenvalue weighted by atomic mass is 35.5. The lowest BCUT2D eigenvalue weighted by Crippen LogP contribution is -2.15. The van der Waals surface area contributed by atoms with Crippen LogP contribution < -0.4 is 4.90 Å². The Bertz CT molecular complexity index is 665. The summed E-state index contributed by atoms with van der Waals surface area (Å²) >= 11 is 8.43. The fourth-order valence-electron chi connectivity index (χ4n) is 1.69. The lowest BCUT2D eigenvalue weighted by Gasteiger charge is -2.15. The van der Waals surface area contributed by atoms with Gasteiger partial charge >= 0.3 is 5.69 Å². The van der Waals surface area contributed by atoms with E-state index < -0.39 is 4.92 Å². The molecule has 0 aliphatic carbocycles. The third kappa shape index (κ3) is 3.17. The van der Waals surface area contributed by atoms with Gasteiger partial charge in [0, 0.05) is 18.0 Å². The van der Waals surface area contributed by atoms with Gasteiger partial charge in [-0.05, 0) is 19.1 Å². The van der Waals surface area contributed by atoms with Crippen LogP contribution in [0.5, 0.6) is 0 Å². The van der Waals surface area contributed by atoms with Crippen molar-refractivity contribution in [2.24, 2.45) is 0 Å². The van der Waals surface area contributed by atoms with Crippen LogP contribution >= 0.6 is 34.3 Å². The van der Waals surface area contributed by atoms with Gasteiger partial charge < -0.3 is 4.90 Å². The molecule has 8 heteroatoms. The Morgan fingerprint density at radius 3 is 2.65 bits per heavy atom. The van der Waals surface area contributed by atoms with E-state index in [0.717, 1.165) is 16.2 Å². The summed E-state index contributed by atoms with van der Waals surface area (Å²) in [6, 6.07) is 5.01. The topological polar surface area (TPSA) is 63.4 Å². The fourth-order valence-corrected chi connectivity index (χ4v) is 3.81. The zero-order valence-electron chi connectivity index (χ0n) is 10.8. The molecule has 0 radical (unpaired) electrons. The minimum absolute atomic E-state index is 0.0367. The Balaban J connectivity index is 2.30. The normalized spacial score (nSPS) is 10.6. The maximum absolute atomic E-state index is 11.4. The number of anilines is 1. The Hall–Kier alpha value is -1.44. The molecule has 0 unspecified atom stereocenters. The van der Waals surface area contributed by atoms with Crippen LogP contribution in [0.3, 0.4) is 0 Å². The zero-order chi connectivity index (χ0) is 14.9. The predicted octanol–water partition coefficient (Wildman–Crippen LogP) is 4.21. The summed E-state index contributed by atoms with van der Waals surface area (Å²) in [4.78, 5) is 25.1. The first-order valence-electron chi connectivity index (χ1n) is 5.63. The number of hydrogen-bond donors (Lipinski definition) is 0. The third-order valence-electron chi connectivity index (χ3n) is 2.61. The second-order valence-electron chi connectivity index (χ2n) is 4.18. The largest absolute Gasteiger partial charge is 0.356 e. The van der Waals surface area contributed by atoms with Crippen LogP contribution in [0.25, 0.3) is 0 Å². The van der Waals surface area contributed by atoms with Crippen molar-refractivity contribution >= 4 is 50.7 Å². The van der Waals surface area contributed by atoms with Gasteiger partial charge in [-0.15, -0.1) is 22.7 Å². The van der Waals surface area contributed by atoms with Crippen molar-refractivity contribution in [3.05, 3.63) is 42.4 Å². The smallest absolute Gasteiger partial charge is 0.304 e. The number of carbonyl (C=O) groups excluding carboxylic acids is 1. The molecule has 2 aromatic heterocycles. The van der Waals surface area contributed by atoms with Gasteiger partial charge in [0.05, 0.1) is 20.7 Å². The highest BCUT2D eigenvalue weighted by Crippen LogP contribution is 2.38. The molecule has 0 aromatic carbocycles. The van der Waals surface area contributed by atoms with Gasteiger partial charge in [-0.25, -0.2) is 0 Å². The van der Waals surface area contributed by atoms with Crippen molar-refractivity contribution in [2.75, 3.05) is 11.9 Å². The molecule has 5 nitrogen and oxygen atoms in total. The first-order valence-corrected chi connectivity index (χ1v) is 7.64. The summed E-state index contributed by atoms with van der Waals surface area (Å²) < 4.78 is 0.679. The molecule has 0 fully saturated rings. The van der Waals surface area contributed by atoms with Gasteiger partial charge in [0.25, 0.3) is 0 Å². The van der Waals surface area contributed by atoms with Crippen LogP contribution in [-0.2, 0) is 6.54 Å². The van der Waals surface area contributed by atoms with Gasteiger partial charge in [-0.2, -0.15) is 0 Å². The van der Waals surface area contributed by atoms with Crippen LogP contribution in [-0.4, -0.2) is 17.8 Å². The second-order valence-corrected chi connectivity index (χ2v) is 7.01. The first-order chi connectivity index (χ1) is 9.38. The van der Waals surface area contributed by atoms with Crippen molar-refractivity contribution in [1.82, 2.24) is 0 Å². The minimum Gasteiger partial charge on any atom is -0.356 e. The number of nitrogens with zero attached hydrogens (tertiary/aromatic N) is 2. The molecule has 0 N–H and O–H groups in total. The lowest BCUT2D eigenvalue weighted by molar-refractivity contribution is -0.383. The van der Waals surface area contributed by atoms with E-state index in [4.69, 9.17) is 11.6 Å². The van der Waals surface area contributed by atoms with E-state index in [1.165, 1.54) is 24.3 Å². The van der Waals surface area contributed by atoms with Gasteiger partial charge in [0.15, 0.2) is 10.8 Å². The molecule has 2 aromatic rings. The fraction of sp³-hybridized carbons (Fsp3) is 0.250. The highest BCUT2D eigenvalue weighted by molar-refractivity contribution is 7.18. The van der Waals surface area contributed by atoms with Gasteiger partial charge in [0.1, 0.15) is 0 Å². The average molecular weight is 331 g/mol. The van der Waals surface area contributed by atoms with E-state index in [9.17, 15) is 14.9 Å². The number of Topliss-reactive ketones (excluding diaryl/α,β-unsaturated/α-hetero) is 1. The summed E-state index contributed by atoms with van der Waals surface area (Å²) in [6.45, 7) is 1.91. The maximum Gasteiger partial charge on any atom is 0.304 e. The number of ketones is 1. The molecule has 20 heavy (non-hydrogen) atoms. The summed E-state index contributed by atoms with van der Waals surface area (Å²) in [7, 11) is 1.76. The molecular weight excluding hydrogens is 320 g/mol. The summed E-state index contributed by atoms with van der Waals surface area (Å²) in [5.41, 5.74) is -0.0367. The quantitative estimate of drug-likeness (QED) is 0.468. The van der Waals surface area contributed by atoms with E-state index in [1.807, 2.05) is 6.07 Å². The molecule has 0 amide bonds. The van der Waals surface area contributed by atoms with Crippen LogP contribution in [0.15, 0.2) is 18.2 Å². The van der Waals surface area contributed by atoms with Gasteiger partial charge in [-0.1, -0.05) is 11.6 Å². The van der Waals surface area contributed by atoms with E-state index in [-0.39, 0.29) is 11.5 Å². The predicted molar refractivity (Wildman–Crippen MR) is 82.4 cm³/mol. The Morgan fingerprint density at radius 1 is 1.45 bits per heavy atom. The van der Waals surface area contributed by atoms with Crippen LogP contribution in [0.2, 0.25) is 4.34 Å². The number of carbonyl (C=O) groups is 1. The second kappa shape index (κ2) is 5.90. The SMILES string of the molecule is CC(=O)c1cc([N+](=O)[O-])c(N(C)Cc2ccc(Cl)s2)s1. The van der Waals surface area contributed by atoms with Crippen molar-refractivity contribution < 1.29 is 9.72 Å². The first kappa shape index (κ1) is 15.0.